The Bertz CT molecular complexity index is 1390. The zero-order chi connectivity index (χ0) is 31.0. The Hall–Kier alpha value is -4.38. The van der Waals surface area contributed by atoms with E-state index in [0.29, 0.717) is 25.1 Å². The summed E-state index contributed by atoms with van der Waals surface area (Å²) in [5.74, 6) is -0.580. The van der Waals surface area contributed by atoms with E-state index in [9.17, 15) is 19.5 Å². The number of hydrogen-bond donors (Lipinski definition) is 2. The first-order valence-corrected chi connectivity index (χ1v) is 14.5. The summed E-state index contributed by atoms with van der Waals surface area (Å²) in [6, 6.07) is 18.7. The number of amides is 3. The molecule has 1 aliphatic rings. The number of carbonyl (C=O) groups excluding carboxylic acids is 3. The molecule has 11 heteroatoms. The number of nitrogens with zero attached hydrogens (tertiary/aromatic N) is 4. The first kappa shape index (κ1) is 31.6. The zero-order valence-corrected chi connectivity index (χ0v) is 25.3. The second-order valence-corrected chi connectivity index (χ2v) is 11.8. The fraction of sp³-hybridized carbons (Fsp3) is 0.438. The number of benzene rings is 2. The Morgan fingerprint density at radius 1 is 1.05 bits per heavy atom. The highest BCUT2D eigenvalue weighted by molar-refractivity contribution is 5.85. The molecule has 0 bridgehead atoms. The highest BCUT2D eigenvalue weighted by Crippen LogP contribution is 2.28. The highest BCUT2D eigenvalue weighted by Gasteiger charge is 2.30. The molecular weight excluding hydrogens is 550 g/mol. The van der Waals surface area contributed by atoms with Crippen LogP contribution in [0.4, 0.5) is 4.79 Å². The van der Waals surface area contributed by atoms with E-state index < -0.39 is 17.7 Å². The van der Waals surface area contributed by atoms with E-state index in [1.165, 1.54) is 4.90 Å². The van der Waals surface area contributed by atoms with Gasteiger partial charge in [0.25, 0.3) is 0 Å². The normalized spacial score (nSPS) is 13.6. The van der Waals surface area contributed by atoms with Gasteiger partial charge in [0.2, 0.25) is 17.7 Å². The molecule has 230 valence electrons. The van der Waals surface area contributed by atoms with Crippen LogP contribution in [0.2, 0.25) is 0 Å². The highest BCUT2D eigenvalue weighted by atomic mass is 16.6. The van der Waals surface area contributed by atoms with Gasteiger partial charge in [-0.1, -0.05) is 60.7 Å². The molecule has 0 radical (unpaired) electrons. The Labute approximate surface area is 252 Å². The number of aromatic nitrogens is 2. The van der Waals surface area contributed by atoms with Crippen LogP contribution in [0.15, 0.2) is 60.7 Å². The molecule has 3 aromatic rings. The Morgan fingerprint density at radius 2 is 1.70 bits per heavy atom. The molecular formula is C32H41N5O6. The lowest BCUT2D eigenvalue weighted by Gasteiger charge is -2.30. The Morgan fingerprint density at radius 3 is 2.35 bits per heavy atom. The number of ether oxygens (including phenoxy) is 2. The maximum atomic E-state index is 13.5. The molecule has 0 aliphatic carbocycles. The van der Waals surface area contributed by atoms with Crippen molar-refractivity contribution in [3.63, 3.8) is 0 Å². The van der Waals surface area contributed by atoms with Crippen LogP contribution in [0.3, 0.4) is 0 Å². The van der Waals surface area contributed by atoms with Crippen LogP contribution in [-0.2, 0) is 45.2 Å². The SMILES string of the molecule is C[C@H](CC(=O)N(COCc1ccccc1)CC(=O)N1CCc2nn(Cc3ccccc3)c(O)c2C1)NC(=O)OC(C)(C)C. The number of nitrogens with one attached hydrogen (secondary N) is 1. The van der Waals surface area contributed by atoms with Gasteiger partial charge in [0, 0.05) is 25.4 Å². The minimum Gasteiger partial charge on any atom is -0.493 e. The molecule has 3 amide bonds. The Kier molecular flexibility index (Phi) is 10.4. The monoisotopic (exact) mass is 591 g/mol. The van der Waals surface area contributed by atoms with Crippen molar-refractivity contribution in [2.45, 2.75) is 71.9 Å². The lowest BCUT2D eigenvalue weighted by Crippen LogP contribution is -2.47. The summed E-state index contributed by atoms with van der Waals surface area (Å²) in [6.45, 7) is 7.98. The molecule has 0 saturated heterocycles. The third-order valence-electron chi connectivity index (χ3n) is 6.88. The number of alkyl carbamates (subject to hydrolysis) is 1. The van der Waals surface area contributed by atoms with E-state index in [0.717, 1.165) is 16.8 Å². The van der Waals surface area contributed by atoms with Gasteiger partial charge < -0.3 is 29.7 Å². The van der Waals surface area contributed by atoms with E-state index in [2.05, 4.69) is 10.4 Å². The molecule has 1 atom stereocenters. The van der Waals surface area contributed by atoms with Crippen molar-refractivity contribution in [3.05, 3.63) is 83.0 Å². The molecule has 1 aromatic heterocycles. The quantitative estimate of drug-likeness (QED) is 0.325. The summed E-state index contributed by atoms with van der Waals surface area (Å²) in [5.41, 5.74) is 2.65. The van der Waals surface area contributed by atoms with E-state index >= 15 is 0 Å². The fourth-order valence-electron chi connectivity index (χ4n) is 4.76. The maximum Gasteiger partial charge on any atom is 0.407 e. The second kappa shape index (κ2) is 14.2. The zero-order valence-electron chi connectivity index (χ0n) is 25.3. The van der Waals surface area contributed by atoms with Crippen molar-refractivity contribution in [3.8, 4) is 5.88 Å². The molecule has 2 N–H and O–H groups in total. The van der Waals surface area contributed by atoms with Gasteiger partial charge in [-0.05, 0) is 38.8 Å². The predicted octanol–water partition coefficient (Wildman–Crippen LogP) is 3.83. The molecule has 0 unspecified atom stereocenters. The van der Waals surface area contributed by atoms with Gasteiger partial charge in [0.05, 0.1) is 31.0 Å². The Balaban J connectivity index is 1.40. The molecule has 11 nitrogen and oxygen atoms in total. The topological polar surface area (TPSA) is 126 Å². The summed E-state index contributed by atoms with van der Waals surface area (Å²) in [6.07, 6.45) is -0.170. The smallest absolute Gasteiger partial charge is 0.407 e. The molecule has 2 heterocycles. The van der Waals surface area contributed by atoms with Gasteiger partial charge in [0.15, 0.2) is 0 Å². The molecule has 4 rings (SSSR count). The minimum absolute atomic E-state index is 0.0394. The predicted molar refractivity (Wildman–Crippen MR) is 160 cm³/mol. The number of rotatable bonds is 11. The summed E-state index contributed by atoms with van der Waals surface area (Å²) in [4.78, 5) is 42.0. The summed E-state index contributed by atoms with van der Waals surface area (Å²) in [7, 11) is 0. The molecule has 1 aliphatic heterocycles. The van der Waals surface area contributed by atoms with E-state index in [1.54, 1.807) is 37.3 Å². The molecule has 0 spiro atoms. The molecule has 0 saturated carbocycles. The van der Waals surface area contributed by atoms with Crippen LogP contribution >= 0.6 is 0 Å². The van der Waals surface area contributed by atoms with Crippen LogP contribution in [0.5, 0.6) is 5.88 Å². The van der Waals surface area contributed by atoms with E-state index in [-0.39, 0.29) is 50.5 Å². The molecule has 2 aromatic carbocycles. The van der Waals surface area contributed by atoms with Crippen LogP contribution in [0.25, 0.3) is 0 Å². The minimum atomic E-state index is -0.668. The van der Waals surface area contributed by atoms with Crippen LogP contribution in [0, 0.1) is 0 Å². The third-order valence-corrected chi connectivity index (χ3v) is 6.88. The van der Waals surface area contributed by atoms with Gasteiger partial charge >= 0.3 is 6.09 Å². The largest absolute Gasteiger partial charge is 0.493 e. The summed E-state index contributed by atoms with van der Waals surface area (Å²) < 4.78 is 12.7. The van der Waals surface area contributed by atoms with Crippen molar-refractivity contribution in [1.82, 2.24) is 24.9 Å². The van der Waals surface area contributed by atoms with Crippen molar-refractivity contribution >= 4 is 17.9 Å². The fourth-order valence-corrected chi connectivity index (χ4v) is 4.76. The van der Waals surface area contributed by atoms with Gasteiger partial charge in [0.1, 0.15) is 18.9 Å². The second-order valence-electron chi connectivity index (χ2n) is 11.8. The van der Waals surface area contributed by atoms with Gasteiger partial charge in [-0.3, -0.25) is 9.59 Å². The maximum absolute atomic E-state index is 13.5. The lowest BCUT2D eigenvalue weighted by atomic mass is 10.1. The van der Waals surface area contributed by atoms with Crippen molar-refractivity contribution in [1.29, 1.82) is 0 Å². The summed E-state index contributed by atoms with van der Waals surface area (Å²) >= 11 is 0. The van der Waals surface area contributed by atoms with Gasteiger partial charge in [-0.15, -0.1) is 0 Å². The first-order chi connectivity index (χ1) is 20.5. The van der Waals surface area contributed by atoms with Crippen LogP contribution < -0.4 is 5.32 Å². The van der Waals surface area contributed by atoms with Crippen molar-refractivity contribution in [2.75, 3.05) is 19.8 Å². The number of aromatic hydroxyl groups is 1. The number of hydrogen-bond acceptors (Lipinski definition) is 7. The third kappa shape index (κ3) is 9.31. The van der Waals surface area contributed by atoms with E-state index in [4.69, 9.17) is 9.47 Å². The molecule has 43 heavy (non-hydrogen) atoms. The standard InChI is InChI=1S/C32H41N5O6/c1-23(33-31(41)43-32(2,3)4)17-28(38)36(22-42-21-25-13-9-6-10-14-25)20-29(39)35-16-15-27-26(19-35)30(40)37(34-27)18-24-11-7-5-8-12-24/h5-14,23,40H,15-22H2,1-4H3,(H,33,41)/t23-/m1/s1. The molecule has 0 fully saturated rings. The first-order valence-electron chi connectivity index (χ1n) is 14.5. The van der Waals surface area contributed by atoms with Crippen LogP contribution in [0.1, 0.15) is 56.5 Å². The van der Waals surface area contributed by atoms with Crippen molar-refractivity contribution in [2.24, 2.45) is 0 Å². The number of fused-ring (bicyclic) bond motifs is 1. The van der Waals surface area contributed by atoms with Gasteiger partial charge in [-0.25, -0.2) is 9.48 Å². The lowest BCUT2D eigenvalue weighted by molar-refractivity contribution is -0.146. The summed E-state index contributed by atoms with van der Waals surface area (Å²) in [5, 5.41) is 18.2. The average Bonchev–Trinajstić information content (AvgIpc) is 3.26. The van der Waals surface area contributed by atoms with E-state index in [1.807, 2.05) is 60.7 Å². The van der Waals surface area contributed by atoms with Crippen molar-refractivity contribution < 1.29 is 29.0 Å². The average molecular weight is 592 g/mol. The number of carbonyl (C=O) groups is 3. The van der Waals surface area contributed by atoms with Crippen LogP contribution in [-0.4, -0.2) is 74.1 Å². The van der Waals surface area contributed by atoms with Gasteiger partial charge in [-0.2, -0.15) is 5.10 Å².